The van der Waals surface area contributed by atoms with Gasteiger partial charge in [-0.25, -0.2) is 22.8 Å². The van der Waals surface area contributed by atoms with Gasteiger partial charge in [-0.2, -0.15) is 11.6 Å². The van der Waals surface area contributed by atoms with Gasteiger partial charge in [0, 0.05) is 0 Å². The molecule has 2 aliphatic rings. The van der Waals surface area contributed by atoms with Crippen molar-refractivity contribution in [3.05, 3.63) is 46.6 Å². The van der Waals surface area contributed by atoms with Crippen molar-refractivity contribution in [2.75, 3.05) is 0 Å². The van der Waals surface area contributed by atoms with Crippen LogP contribution in [0.1, 0.15) is 41.0 Å². The van der Waals surface area contributed by atoms with Crippen molar-refractivity contribution >= 4 is 29.0 Å². The molecule has 1 unspecified atom stereocenters. The van der Waals surface area contributed by atoms with Crippen LogP contribution < -0.4 is 0 Å². The first kappa shape index (κ1) is 24.3. The van der Waals surface area contributed by atoms with Gasteiger partial charge in [-0.05, 0) is 0 Å². The Balaban J connectivity index is -0.000000219. The first-order valence-electron chi connectivity index (χ1n) is 5.88. The second-order valence-corrected chi connectivity index (χ2v) is 4.40. The minimum atomic E-state index is 0. The molecule has 0 aliphatic heterocycles. The zero-order valence-electron chi connectivity index (χ0n) is 12.5. The first-order chi connectivity index (χ1) is 8.00. The molecule has 0 bridgehead atoms. The SMILES string of the molecule is CC1=C(C)C[C-]=C1.CC1=[C-]C(C)C=C1C.Cl.Cl.[CH2]=[Zr+2]. The Morgan fingerprint density at radius 3 is 1.79 bits per heavy atom. The molecule has 0 saturated carbocycles. The molecule has 0 N–H and O–H groups in total. The summed E-state index contributed by atoms with van der Waals surface area (Å²) in [4.78, 5) is 0. The molecule has 19 heavy (non-hydrogen) atoms. The van der Waals surface area contributed by atoms with Crippen LogP contribution in [-0.2, 0) is 24.2 Å². The molecule has 0 fully saturated rings. The second kappa shape index (κ2) is 13.3. The zero-order valence-corrected chi connectivity index (χ0v) is 16.6. The average Bonchev–Trinajstić information content (AvgIpc) is 2.79. The Bertz CT molecular complexity index is 358. The van der Waals surface area contributed by atoms with Crippen molar-refractivity contribution in [2.24, 2.45) is 5.92 Å². The quantitative estimate of drug-likeness (QED) is 0.507. The van der Waals surface area contributed by atoms with Gasteiger partial charge in [-0.1, -0.05) is 26.7 Å². The third-order valence-corrected chi connectivity index (χ3v) is 2.89. The molecule has 0 nitrogen and oxygen atoms in total. The number of rotatable bonds is 0. The van der Waals surface area contributed by atoms with E-state index in [2.05, 4.69) is 63.1 Å². The van der Waals surface area contributed by atoms with Crippen molar-refractivity contribution in [1.82, 2.24) is 0 Å². The van der Waals surface area contributed by atoms with Crippen molar-refractivity contribution < 1.29 is 24.2 Å². The number of allylic oxidation sites excluding steroid dienone is 8. The van der Waals surface area contributed by atoms with E-state index in [-0.39, 0.29) is 24.8 Å². The Kier molecular flexibility index (Phi) is 17.0. The molecule has 0 aromatic carbocycles. The molecule has 0 saturated heterocycles. The molecule has 2 rings (SSSR count). The van der Waals surface area contributed by atoms with Crippen LogP contribution in [0.5, 0.6) is 0 Å². The summed E-state index contributed by atoms with van der Waals surface area (Å²) in [6.45, 7) is 10.7. The maximum absolute atomic E-state index is 3.34. The minimum absolute atomic E-state index is 0. The van der Waals surface area contributed by atoms with Gasteiger partial charge in [0.05, 0.1) is 0 Å². The predicted octanol–water partition coefficient (Wildman–Crippen LogP) is 5.23. The fourth-order valence-corrected chi connectivity index (χ4v) is 1.62. The van der Waals surface area contributed by atoms with Gasteiger partial charge in [-0.15, -0.1) is 45.1 Å². The fraction of sp³-hybridized carbons (Fsp3) is 0.438. The fourth-order valence-electron chi connectivity index (χ4n) is 1.62. The Hall–Kier alpha value is 0.293. The summed E-state index contributed by atoms with van der Waals surface area (Å²) in [6, 6.07) is 0. The standard InChI is InChI=1S/C8H11.C7H9.CH2.2ClH.Zr/c1-6-4-7(2)8(3)5-6;1-6-4-3-5-7(6)2;;;;/h4,6H,1-3H3;4H,5H2,1-2H3;1H2;2*1H;/q2*-1;;;;+2. The van der Waals surface area contributed by atoms with Crippen molar-refractivity contribution in [1.29, 1.82) is 0 Å². The summed E-state index contributed by atoms with van der Waals surface area (Å²) >= 11 is 1.30. The van der Waals surface area contributed by atoms with Crippen LogP contribution in [0, 0.1) is 18.1 Å². The Labute approximate surface area is 146 Å². The first-order valence-corrected chi connectivity index (χ1v) is 7.61. The van der Waals surface area contributed by atoms with E-state index in [0.29, 0.717) is 5.92 Å². The van der Waals surface area contributed by atoms with E-state index in [9.17, 15) is 0 Å². The van der Waals surface area contributed by atoms with Crippen LogP contribution >= 0.6 is 24.8 Å². The monoisotopic (exact) mass is 376 g/mol. The molecule has 3 heteroatoms. The molecule has 0 spiro atoms. The van der Waals surface area contributed by atoms with Crippen LogP contribution in [0.3, 0.4) is 0 Å². The Morgan fingerprint density at radius 1 is 1.16 bits per heavy atom. The molecule has 1 atom stereocenters. The van der Waals surface area contributed by atoms with Gasteiger partial charge in [0.25, 0.3) is 0 Å². The van der Waals surface area contributed by atoms with Gasteiger partial charge < -0.3 is 0 Å². The molecular weight excluding hydrogens is 354 g/mol. The summed E-state index contributed by atoms with van der Waals surface area (Å²) in [5.74, 6) is 0.551. The summed E-state index contributed by atoms with van der Waals surface area (Å²) < 4.78 is 3.34. The van der Waals surface area contributed by atoms with Gasteiger partial charge in [0.15, 0.2) is 0 Å². The molecule has 0 aromatic heterocycles. The second-order valence-electron chi connectivity index (χ2n) is 4.40. The summed E-state index contributed by atoms with van der Waals surface area (Å²) in [6.07, 6.45) is 11.7. The van der Waals surface area contributed by atoms with Crippen molar-refractivity contribution in [3.63, 3.8) is 0 Å². The molecule has 0 amide bonds. The number of hydrogen-bond donors (Lipinski definition) is 0. The third kappa shape index (κ3) is 9.77. The van der Waals surface area contributed by atoms with Crippen LogP contribution in [-0.4, -0.2) is 4.21 Å². The molecule has 0 heterocycles. The molecule has 0 aromatic rings. The van der Waals surface area contributed by atoms with Crippen LogP contribution in [0.15, 0.2) is 34.4 Å². The predicted molar refractivity (Wildman–Crippen MR) is 87.8 cm³/mol. The van der Waals surface area contributed by atoms with Gasteiger partial charge >= 0.3 is 28.4 Å². The summed E-state index contributed by atoms with van der Waals surface area (Å²) in [7, 11) is 0. The van der Waals surface area contributed by atoms with Gasteiger partial charge in [0.1, 0.15) is 0 Å². The van der Waals surface area contributed by atoms with E-state index in [1.807, 2.05) is 0 Å². The van der Waals surface area contributed by atoms with E-state index in [1.54, 1.807) is 0 Å². The summed E-state index contributed by atoms with van der Waals surface area (Å²) in [5, 5.41) is 0. The van der Waals surface area contributed by atoms with Gasteiger partial charge in [-0.3, -0.25) is 12.2 Å². The molecular formula is C16H24Cl2Zr. The average molecular weight is 378 g/mol. The molecule has 2 aliphatic carbocycles. The zero-order chi connectivity index (χ0) is 13.4. The van der Waals surface area contributed by atoms with Crippen molar-refractivity contribution in [2.45, 2.75) is 41.0 Å². The van der Waals surface area contributed by atoms with E-state index < -0.39 is 0 Å². The van der Waals surface area contributed by atoms with Crippen LogP contribution in [0.2, 0.25) is 0 Å². The topological polar surface area (TPSA) is 0 Å². The van der Waals surface area contributed by atoms with E-state index in [1.165, 1.54) is 46.5 Å². The van der Waals surface area contributed by atoms with E-state index in [0.717, 1.165) is 6.42 Å². The molecule has 106 valence electrons. The number of halogens is 2. The Morgan fingerprint density at radius 2 is 1.68 bits per heavy atom. The van der Waals surface area contributed by atoms with Crippen molar-refractivity contribution in [3.8, 4) is 0 Å². The van der Waals surface area contributed by atoms with Crippen LogP contribution in [0.4, 0.5) is 0 Å². The normalized spacial score (nSPS) is 19.0. The van der Waals surface area contributed by atoms with E-state index in [4.69, 9.17) is 0 Å². The summed E-state index contributed by atoms with van der Waals surface area (Å²) in [5.41, 5.74) is 5.55. The van der Waals surface area contributed by atoms with E-state index >= 15 is 0 Å². The number of hydrogen-bond acceptors (Lipinski definition) is 0. The van der Waals surface area contributed by atoms with Gasteiger partial charge in [0.2, 0.25) is 0 Å². The van der Waals surface area contributed by atoms with Crippen LogP contribution in [0.25, 0.3) is 0 Å². The third-order valence-electron chi connectivity index (χ3n) is 2.89. The molecule has 0 radical (unpaired) electrons. The maximum atomic E-state index is 3.34.